The maximum absolute atomic E-state index is 12.6. The number of thioether (sulfide) groups is 1. The summed E-state index contributed by atoms with van der Waals surface area (Å²) in [5, 5.41) is -0.0549. The van der Waals surface area contributed by atoms with Gasteiger partial charge in [-0.15, -0.1) is 12.4 Å². The Kier molecular flexibility index (Phi) is 6.43. The molecular formula is C13H13ClF3N3OS. The highest BCUT2D eigenvalue weighted by molar-refractivity contribution is 7.98. The number of H-pyrrole nitrogens is 1. The zero-order valence-corrected chi connectivity index (χ0v) is 13.1. The number of alkyl halides is 3. The lowest BCUT2D eigenvalue weighted by Gasteiger charge is -2.08. The van der Waals surface area contributed by atoms with Crippen LogP contribution < -0.4 is 5.56 Å². The van der Waals surface area contributed by atoms with Crippen LogP contribution in [0.2, 0.25) is 0 Å². The van der Waals surface area contributed by atoms with E-state index in [1.54, 1.807) is 12.3 Å². The fourth-order valence-electron chi connectivity index (χ4n) is 1.72. The van der Waals surface area contributed by atoms with E-state index in [4.69, 9.17) is 0 Å². The minimum absolute atomic E-state index is 0. The largest absolute Gasteiger partial charge is 0.433 e. The monoisotopic (exact) mass is 351 g/mol. The number of halogens is 4. The van der Waals surface area contributed by atoms with Crippen LogP contribution in [0.15, 0.2) is 34.3 Å². The molecule has 22 heavy (non-hydrogen) atoms. The van der Waals surface area contributed by atoms with Crippen molar-refractivity contribution in [1.29, 1.82) is 0 Å². The van der Waals surface area contributed by atoms with E-state index in [2.05, 4.69) is 15.0 Å². The zero-order valence-electron chi connectivity index (χ0n) is 11.5. The van der Waals surface area contributed by atoms with Gasteiger partial charge < -0.3 is 4.98 Å². The predicted octanol–water partition coefficient (Wildman–Crippen LogP) is 3.46. The molecule has 0 saturated heterocycles. The summed E-state index contributed by atoms with van der Waals surface area (Å²) in [6.07, 6.45) is -2.24. The molecule has 0 bridgehead atoms. The van der Waals surface area contributed by atoms with Gasteiger partial charge in [-0.2, -0.15) is 13.2 Å². The van der Waals surface area contributed by atoms with Gasteiger partial charge in [0.2, 0.25) is 0 Å². The van der Waals surface area contributed by atoms with Crippen LogP contribution in [0.4, 0.5) is 13.2 Å². The van der Waals surface area contributed by atoms with E-state index in [1.807, 2.05) is 13.0 Å². The molecule has 0 saturated carbocycles. The van der Waals surface area contributed by atoms with Crippen molar-refractivity contribution in [2.24, 2.45) is 0 Å². The fraction of sp³-hybridized carbons (Fsp3) is 0.308. The Bertz CT molecular complexity index is 691. The van der Waals surface area contributed by atoms with Crippen molar-refractivity contribution in [3.8, 4) is 0 Å². The number of pyridine rings is 1. The topological polar surface area (TPSA) is 58.6 Å². The zero-order chi connectivity index (χ0) is 15.5. The number of hydrogen-bond acceptors (Lipinski definition) is 4. The highest BCUT2D eigenvalue weighted by atomic mass is 35.5. The number of hydrogen-bond donors (Lipinski definition) is 1. The van der Waals surface area contributed by atoms with Crippen LogP contribution >= 0.6 is 24.2 Å². The molecule has 2 aromatic heterocycles. The average molecular weight is 352 g/mol. The van der Waals surface area contributed by atoms with Gasteiger partial charge in [-0.25, -0.2) is 4.98 Å². The van der Waals surface area contributed by atoms with Crippen LogP contribution in [0.1, 0.15) is 23.9 Å². The third kappa shape index (κ3) is 4.74. The summed E-state index contributed by atoms with van der Waals surface area (Å²) in [5.74, 6) is 0.390. The van der Waals surface area contributed by atoms with Crippen molar-refractivity contribution in [3.63, 3.8) is 0 Å². The first kappa shape index (κ1) is 18.5. The average Bonchev–Trinajstić information content (AvgIpc) is 2.44. The molecule has 0 fully saturated rings. The maximum atomic E-state index is 12.6. The number of aromatic amines is 1. The minimum atomic E-state index is -4.63. The Labute approximate surface area is 135 Å². The van der Waals surface area contributed by atoms with E-state index in [1.165, 1.54) is 0 Å². The second kappa shape index (κ2) is 7.64. The lowest BCUT2D eigenvalue weighted by Crippen LogP contribution is -2.16. The van der Waals surface area contributed by atoms with Crippen LogP contribution in [0, 0.1) is 0 Å². The number of rotatable bonds is 4. The Morgan fingerprint density at radius 1 is 1.36 bits per heavy atom. The van der Waals surface area contributed by atoms with E-state index >= 15 is 0 Å². The summed E-state index contributed by atoms with van der Waals surface area (Å²) < 4.78 is 37.8. The molecule has 0 aromatic carbocycles. The molecular weight excluding hydrogens is 339 g/mol. The molecule has 0 amide bonds. The molecule has 1 N–H and O–H groups in total. The van der Waals surface area contributed by atoms with Crippen molar-refractivity contribution in [2.75, 3.05) is 0 Å². The molecule has 0 radical (unpaired) electrons. The second-order valence-corrected chi connectivity index (χ2v) is 5.15. The van der Waals surface area contributed by atoms with Crippen LogP contribution in [0.25, 0.3) is 0 Å². The molecule has 0 aliphatic rings. The number of aromatic nitrogens is 3. The van der Waals surface area contributed by atoms with E-state index < -0.39 is 17.4 Å². The highest BCUT2D eigenvalue weighted by Crippen LogP contribution is 2.28. The summed E-state index contributed by atoms with van der Waals surface area (Å²) >= 11 is 1.04. The van der Waals surface area contributed by atoms with Crippen molar-refractivity contribution in [1.82, 2.24) is 15.0 Å². The first-order valence-electron chi connectivity index (χ1n) is 6.14. The Balaban J connectivity index is 0.00000242. The Hall–Kier alpha value is -1.54. The van der Waals surface area contributed by atoms with Gasteiger partial charge in [-0.1, -0.05) is 24.8 Å². The SMILES string of the molecule is CCc1ncccc1CSc1nc(C(F)(F)F)cc(=O)[nH]1.Cl. The predicted molar refractivity (Wildman–Crippen MR) is 80.3 cm³/mol. The summed E-state index contributed by atoms with van der Waals surface area (Å²) in [5.41, 5.74) is -0.221. The van der Waals surface area contributed by atoms with Gasteiger partial charge in [-0.3, -0.25) is 9.78 Å². The lowest BCUT2D eigenvalue weighted by atomic mass is 10.2. The highest BCUT2D eigenvalue weighted by Gasteiger charge is 2.33. The molecule has 4 nitrogen and oxygen atoms in total. The van der Waals surface area contributed by atoms with Crippen LogP contribution in [-0.4, -0.2) is 15.0 Å². The minimum Gasteiger partial charge on any atom is -0.301 e. The van der Waals surface area contributed by atoms with Crippen molar-refractivity contribution in [3.05, 3.63) is 51.7 Å². The number of aryl methyl sites for hydroxylation is 1. The third-order valence-corrected chi connectivity index (χ3v) is 3.62. The molecule has 2 rings (SSSR count). The number of nitrogens with one attached hydrogen (secondary N) is 1. The second-order valence-electron chi connectivity index (χ2n) is 4.18. The standard InChI is InChI=1S/C13H12F3N3OS.ClH/c1-2-9-8(4-3-5-17-9)7-21-12-18-10(13(14,15)16)6-11(20)19-12;/h3-6H,2,7H2,1H3,(H,18,19,20);1H. The molecule has 0 aliphatic heterocycles. The van der Waals surface area contributed by atoms with E-state index in [-0.39, 0.29) is 17.6 Å². The van der Waals surface area contributed by atoms with Crippen molar-refractivity contribution >= 4 is 24.2 Å². The van der Waals surface area contributed by atoms with Gasteiger partial charge in [0, 0.05) is 23.7 Å². The quantitative estimate of drug-likeness (QED) is 0.677. The fourth-order valence-corrected chi connectivity index (χ4v) is 2.61. The van der Waals surface area contributed by atoms with Crippen LogP contribution in [0.5, 0.6) is 0 Å². The smallest absolute Gasteiger partial charge is 0.301 e. The van der Waals surface area contributed by atoms with Gasteiger partial charge in [0.05, 0.1) is 0 Å². The van der Waals surface area contributed by atoms with E-state index in [9.17, 15) is 18.0 Å². The molecule has 2 heterocycles. The van der Waals surface area contributed by atoms with E-state index in [0.717, 1.165) is 29.4 Å². The summed E-state index contributed by atoms with van der Waals surface area (Å²) in [6.45, 7) is 1.95. The first-order valence-corrected chi connectivity index (χ1v) is 7.13. The Morgan fingerprint density at radius 2 is 2.09 bits per heavy atom. The van der Waals surface area contributed by atoms with Gasteiger partial charge >= 0.3 is 6.18 Å². The summed E-state index contributed by atoms with van der Waals surface area (Å²) in [6, 6.07) is 4.06. The molecule has 0 aliphatic carbocycles. The Morgan fingerprint density at radius 3 is 2.73 bits per heavy atom. The molecule has 0 unspecified atom stereocenters. The lowest BCUT2D eigenvalue weighted by molar-refractivity contribution is -0.141. The van der Waals surface area contributed by atoms with Gasteiger partial charge in [0.25, 0.3) is 5.56 Å². The van der Waals surface area contributed by atoms with E-state index in [0.29, 0.717) is 11.8 Å². The van der Waals surface area contributed by atoms with Crippen molar-refractivity contribution < 1.29 is 13.2 Å². The van der Waals surface area contributed by atoms with Crippen LogP contribution in [0.3, 0.4) is 0 Å². The molecule has 0 spiro atoms. The first-order chi connectivity index (χ1) is 9.90. The normalized spacial score (nSPS) is 11.1. The molecule has 120 valence electrons. The molecule has 2 aromatic rings. The van der Waals surface area contributed by atoms with Gasteiger partial charge in [-0.05, 0) is 18.1 Å². The van der Waals surface area contributed by atoms with Gasteiger partial charge in [0.1, 0.15) is 0 Å². The number of nitrogens with zero attached hydrogens (tertiary/aromatic N) is 2. The maximum Gasteiger partial charge on any atom is 0.433 e. The van der Waals surface area contributed by atoms with Crippen LogP contribution in [-0.2, 0) is 18.3 Å². The summed E-state index contributed by atoms with van der Waals surface area (Å²) in [7, 11) is 0. The molecule has 9 heteroatoms. The molecule has 0 atom stereocenters. The third-order valence-electron chi connectivity index (χ3n) is 2.69. The van der Waals surface area contributed by atoms with Crippen molar-refractivity contribution in [2.45, 2.75) is 30.4 Å². The summed E-state index contributed by atoms with van der Waals surface area (Å²) in [4.78, 5) is 21.2. The van der Waals surface area contributed by atoms with Gasteiger partial charge in [0.15, 0.2) is 10.9 Å².